The van der Waals surface area contributed by atoms with Crippen molar-refractivity contribution in [1.82, 2.24) is 19.8 Å². The van der Waals surface area contributed by atoms with Crippen molar-refractivity contribution in [3.63, 3.8) is 0 Å². The second-order valence-corrected chi connectivity index (χ2v) is 6.74. The molecule has 3 aromatic rings. The average Bonchev–Trinajstić information content (AvgIpc) is 3.22. The number of imidazole rings is 1. The Labute approximate surface area is 166 Å². The number of nitrogens with one attached hydrogen (secondary N) is 1. The molecule has 2 amide bonds. The van der Waals surface area contributed by atoms with Crippen LogP contribution in [-0.4, -0.2) is 27.5 Å². The highest BCUT2D eigenvalue weighted by Crippen LogP contribution is 2.32. The van der Waals surface area contributed by atoms with Crippen LogP contribution in [0, 0.1) is 0 Å². The number of amides is 2. The summed E-state index contributed by atoms with van der Waals surface area (Å²) in [6.45, 7) is 1.68. The van der Waals surface area contributed by atoms with Crippen molar-refractivity contribution in [3.05, 3.63) is 83.9 Å². The molecule has 8 heteroatoms. The highest BCUT2D eigenvalue weighted by Gasteiger charge is 2.33. The fourth-order valence-electron chi connectivity index (χ4n) is 2.99. The third-order valence-corrected chi connectivity index (χ3v) is 4.61. The molecule has 1 N–H and O–H groups in total. The Morgan fingerprint density at radius 2 is 1.86 bits per heavy atom. The number of carbonyl (C=O) groups is 1. The molecule has 29 heavy (non-hydrogen) atoms. The van der Waals surface area contributed by atoms with E-state index in [2.05, 4.69) is 10.3 Å². The molecule has 0 saturated carbocycles. The number of hydrogen-bond donors (Lipinski definition) is 1. The van der Waals surface area contributed by atoms with Gasteiger partial charge in [-0.05, 0) is 36.2 Å². The predicted octanol–water partition coefficient (Wildman–Crippen LogP) is 4.79. The number of carbonyl (C=O) groups excluding carboxylic acids is 1. The lowest BCUT2D eigenvalue weighted by molar-refractivity contribution is -0.138. The number of hydrogen-bond acceptors (Lipinski definition) is 2. The summed E-state index contributed by atoms with van der Waals surface area (Å²) in [5.74, 6) is 0. The van der Waals surface area contributed by atoms with Gasteiger partial charge in [0.1, 0.15) is 0 Å². The quantitative estimate of drug-likeness (QED) is 0.667. The van der Waals surface area contributed by atoms with Gasteiger partial charge in [-0.25, -0.2) is 9.78 Å². The first kappa shape index (κ1) is 20.4. The lowest BCUT2D eigenvalue weighted by Crippen LogP contribution is -2.38. The zero-order valence-corrected chi connectivity index (χ0v) is 16.0. The fraction of sp³-hybridized carbons (Fsp3) is 0.238. The Hall–Kier alpha value is -3.29. The molecular formula is C21H21F3N4O. The molecule has 0 bridgehead atoms. The number of rotatable bonds is 5. The summed E-state index contributed by atoms with van der Waals surface area (Å²) in [6, 6.07) is 12.1. The Morgan fingerprint density at radius 1 is 1.17 bits per heavy atom. The third-order valence-electron chi connectivity index (χ3n) is 4.61. The monoisotopic (exact) mass is 402 g/mol. The molecule has 0 aliphatic carbocycles. The molecule has 1 heterocycles. The largest absolute Gasteiger partial charge is 0.416 e. The van der Waals surface area contributed by atoms with E-state index >= 15 is 0 Å². The maximum atomic E-state index is 13.1. The van der Waals surface area contributed by atoms with Gasteiger partial charge >= 0.3 is 12.2 Å². The minimum absolute atomic E-state index is 0.0509. The molecule has 3 rings (SSSR count). The molecule has 1 atom stereocenters. The minimum Gasteiger partial charge on any atom is -0.331 e. The fourth-order valence-corrected chi connectivity index (χ4v) is 2.99. The molecule has 2 aromatic carbocycles. The van der Waals surface area contributed by atoms with E-state index in [0.717, 1.165) is 17.3 Å². The number of nitrogens with zero attached hydrogens (tertiary/aromatic N) is 3. The number of urea groups is 1. The highest BCUT2D eigenvalue weighted by molar-refractivity contribution is 5.74. The molecule has 1 aromatic heterocycles. The van der Waals surface area contributed by atoms with Crippen molar-refractivity contribution in [3.8, 4) is 5.69 Å². The molecule has 1 unspecified atom stereocenters. The first-order valence-corrected chi connectivity index (χ1v) is 9.00. The molecule has 0 spiro atoms. The van der Waals surface area contributed by atoms with Crippen LogP contribution in [0.3, 0.4) is 0 Å². The van der Waals surface area contributed by atoms with Gasteiger partial charge in [0, 0.05) is 31.7 Å². The summed E-state index contributed by atoms with van der Waals surface area (Å²) in [6.07, 6.45) is 0.740. The van der Waals surface area contributed by atoms with E-state index in [4.69, 9.17) is 0 Å². The summed E-state index contributed by atoms with van der Waals surface area (Å²) < 4.78 is 41.3. The van der Waals surface area contributed by atoms with Crippen LogP contribution in [0.5, 0.6) is 0 Å². The van der Waals surface area contributed by atoms with Crippen LogP contribution in [0.25, 0.3) is 5.69 Å². The van der Waals surface area contributed by atoms with E-state index in [9.17, 15) is 18.0 Å². The molecule has 0 aliphatic heterocycles. The lowest BCUT2D eigenvalue weighted by atomic mass is 10.1. The highest BCUT2D eigenvalue weighted by atomic mass is 19.4. The van der Waals surface area contributed by atoms with Crippen molar-refractivity contribution in [2.45, 2.75) is 25.7 Å². The molecule has 0 saturated heterocycles. The summed E-state index contributed by atoms with van der Waals surface area (Å²) in [5, 5.41) is 2.82. The van der Waals surface area contributed by atoms with Gasteiger partial charge in [-0.1, -0.05) is 30.3 Å². The summed E-state index contributed by atoms with van der Waals surface area (Å²) in [7, 11) is 1.47. The summed E-state index contributed by atoms with van der Waals surface area (Å²) >= 11 is 0. The van der Waals surface area contributed by atoms with E-state index in [-0.39, 0.29) is 18.2 Å². The molecule has 0 aliphatic rings. The predicted molar refractivity (Wildman–Crippen MR) is 103 cm³/mol. The Morgan fingerprint density at radius 3 is 2.48 bits per heavy atom. The number of alkyl halides is 3. The Kier molecular flexibility index (Phi) is 5.91. The van der Waals surface area contributed by atoms with Gasteiger partial charge in [0.15, 0.2) is 0 Å². The van der Waals surface area contributed by atoms with Gasteiger partial charge in [0.05, 0.1) is 17.9 Å². The van der Waals surface area contributed by atoms with Gasteiger partial charge in [-0.2, -0.15) is 13.2 Å². The zero-order chi connectivity index (χ0) is 21.0. The lowest BCUT2D eigenvalue weighted by Gasteiger charge is -2.23. The first-order chi connectivity index (χ1) is 13.8. The molecule has 0 radical (unpaired) electrons. The van der Waals surface area contributed by atoms with Crippen LogP contribution >= 0.6 is 0 Å². The van der Waals surface area contributed by atoms with E-state index in [1.54, 1.807) is 12.5 Å². The average molecular weight is 402 g/mol. The van der Waals surface area contributed by atoms with E-state index < -0.39 is 17.8 Å². The zero-order valence-electron chi connectivity index (χ0n) is 16.0. The number of halogens is 3. The van der Waals surface area contributed by atoms with E-state index in [1.807, 2.05) is 42.0 Å². The molecule has 0 fully saturated rings. The van der Waals surface area contributed by atoms with Gasteiger partial charge in [0.25, 0.3) is 0 Å². The number of aromatic nitrogens is 2. The van der Waals surface area contributed by atoms with Crippen LogP contribution in [-0.2, 0) is 12.7 Å². The van der Waals surface area contributed by atoms with Crippen molar-refractivity contribution in [1.29, 1.82) is 0 Å². The number of benzene rings is 2. The molecule has 5 nitrogen and oxygen atoms in total. The van der Waals surface area contributed by atoms with Gasteiger partial charge in [0.2, 0.25) is 0 Å². The van der Waals surface area contributed by atoms with Crippen molar-refractivity contribution in [2.75, 3.05) is 7.05 Å². The van der Waals surface area contributed by atoms with Crippen LogP contribution < -0.4 is 5.32 Å². The van der Waals surface area contributed by atoms with Crippen molar-refractivity contribution < 1.29 is 18.0 Å². The summed E-state index contributed by atoms with van der Waals surface area (Å²) in [5.41, 5.74) is 1.13. The van der Waals surface area contributed by atoms with E-state index in [1.165, 1.54) is 30.1 Å². The normalized spacial score (nSPS) is 12.4. The third kappa shape index (κ3) is 4.96. The van der Waals surface area contributed by atoms with Crippen molar-refractivity contribution >= 4 is 6.03 Å². The Bertz CT molecular complexity index is 953. The molecule has 152 valence electrons. The maximum Gasteiger partial charge on any atom is 0.416 e. The van der Waals surface area contributed by atoms with Crippen molar-refractivity contribution in [2.24, 2.45) is 0 Å². The van der Waals surface area contributed by atoms with Gasteiger partial charge in [-0.15, -0.1) is 0 Å². The molecular weight excluding hydrogens is 381 g/mol. The topological polar surface area (TPSA) is 50.2 Å². The van der Waals surface area contributed by atoms with E-state index in [0.29, 0.717) is 0 Å². The smallest absolute Gasteiger partial charge is 0.331 e. The Balaban J connectivity index is 1.64. The van der Waals surface area contributed by atoms with Crippen LogP contribution in [0.1, 0.15) is 29.7 Å². The van der Waals surface area contributed by atoms with Crippen LogP contribution in [0.2, 0.25) is 0 Å². The maximum absolute atomic E-state index is 13.1. The van der Waals surface area contributed by atoms with Gasteiger partial charge < -0.3 is 14.8 Å². The second-order valence-electron chi connectivity index (χ2n) is 6.74. The summed E-state index contributed by atoms with van der Waals surface area (Å²) in [4.78, 5) is 17.7. The minimum atomic E-state index is -4.46. The first-order valence-electron chi connectivity index (χ1n) is 9.00. The van der Waals surface area contributed by atoms with Crippen LogP contribution in [0.15, 0.2) is 67.3 Å². The SMILES string of the molecule is CC(NC(=O)N(C)Cc1ccccc1C(F)(F)F)c1ccc(-n2ccnc2)cc1. The van der Waals surface area contributed by atoms with Crippen LogP contribution in [0.4, 0.5) is 18.0 Å². The standard InChI is InChI=1S/C21H21F3N4O/c1-15(16-7-9-18(10-8-16)28-12-11-25-14-28)26-20(29)27(2)13-17-5-3-4-6-19(17)21(22,23)24/h3-12,14-15H,13H2,1-2H3,(H,26,29). The van der Waals surface area contributed by atoms with Gasteiger partial charge in [-0.3, -0.25) is 0 Å². The second kappa shape index (κ2) is 8.38.